The summed E-state index contributed by atoms with van der Waals surface area (Å²) in [6.07, 6.45) is 10.5. The quantitative estimate of drug-likeness (QED) is 0.837. The number of primary amides is 1. The van der Waals surface area contributed by atoms with Crippen LogP contribution in [0.4, 0.5) is 0 Å². The molecule has 3 rings (SSSR count). The summed E-state index contributed by atoms with van der Waals surface area (Å²) >= 11 is 0. The highest BCUT2D eigenvalue weighted by Crippen LogP contribution is 2.57. The standard InChI is InChI=1S/C16H28N2O2/c17-15(19)12-18(14-3-9-20-10-4-14)11-13-1-5-16(6-2-13)7-8-16/h13-14H,1-12H2,(H2,17,19). The summed E-state index contributed by atoms with van der Waals surface area (Å²) < 4.78 is 5.44. The molecule has 0 aromatic carbocycles. The number of rotatable bonds is 5. The Bertz CT molecular complexity index is 338. The SMILES string of the molecule is NC(=O)CN(CC1CCC2(CC1)CC2)C1CCOCC1. The Morgan fingerprint density at radius 1 is 1.10 bits per heavy atom. The molecule has 1 heterocycles. The van der Waals surface area contributed by atoms with Gasteiger partial charge in [-0.25, -0.2) is 0 Å². The van der Waals surface area contributed by atoms with E-state index < -0.39 is 0 Å². The Hall–Kier alpha value is -0.610. The van der Waals surface area contributed by atoms with Crippen LogP contribution in [0.2, 0.25) is 0 Å². The lowest BCUT2D eigenvalue weighted by Crippen LogP contribution is -2.46. The van der Waals surface area contributed by atoms with Gasteiger partial charge in [-0.05, 0) is 62.7 Å². The smallest absolute Gasteiger partial charge is 0.231 e. The molecule has 0 bridgehead atoms. The maximum Gasteiger partial charge on any atom is 0.231 e. The maximum atomic E-state index is 11.4. The minimum atomic E-state index is -0.189. The van der Waals surface area contributed by atoms with Gasteiger partial charge in [-0.2, -0.15) is 0 Å². The molecule has 2 N–H and O–H groups in total. The molecule has 0 radical (unpaired) electrons. The molecule has 1 aliphatic heterocycles. The number of amides is 1. The first kappa shape index (κ1) is 14.3. The largest absolute Gasteiger partial charge is 0.381 e. The van der Waals surface area contributed by atoms with Crippen molar-refractivity contribution < 1.29 is 9.53 Å². The lowest BCUT2D eigenvalue weighted by molar-refractivity contribution is -0.120. The summed E-state index contributed by atoms with van der Waals surface area (Å²) in [5, 5.41) is 0. The van der Waals surface area contributed by atoms with Crippen molar-refractivity contribution in [3.8, 4) is 0 Å². The normalized spacial score (nSPS) is 27.1. The zero-order valence-corrected chi connectivity index (χ0v) is 12.5. The molecule has 2 saturated carbocycles. The van der Waals surface area contributed by atoms with Crippen LogP contribution in [0, 0.1) is 11.3 Å². The second-order valence-corrected chi connectivity index (χ2v) is 7.18. The van der Waals surface area contributed by atoms with E-state index in [9.17, 15) is 4.79 Å². The Balaban J connectivity index is 1.53. The van der Waals surface area contributed by atoms with Gasteiger partial charge >= 0.3 is 0 Å². The molecular weight excluding hydrogens is 252 g/mol. The molecule has 0 aromatic heterocycles. The van der Waals surface area contributed by atoms with Gasteiger partial charge in [-0.3, -0.25) is 9.69 Å². The summed E-state index contributed by atoms with van der Waals surface area (Å²) in [4.78, 5) is 13.7. The van der Waals surface area contributed by atoms with Crippen LogP contribution in [0.5, 0.6) is 0 Å². The Morgan fingerprint density at radius 3 is 2.30 bits per heavy atom. The first-order valence-electron chi connectivity index (χ1n) is 8.27. The Morgan fingerprint density at radius 2 is 1.75 bits per heavy atom. The second kappa shape index (κ2) is 6.02. The number of hydrogen-bond donors (Lipinski definition) is 1. The molecule has 20 heavy (non-hydrogen) atoms. The predicted octanol–water partition coefficient (Wildman–Crippen LogP) is 1.92. The summed E-state index contributed by atoms with van der Waals surface area (Å²) in [6, 6.07) is 0.494. The topological polar surface area (TPSA) is 55.6 Å². The van der Waals surface area contributed by atoms with Crippen molar-refractivity contribution in [1.82, 2.24) is 4.90 Å². The summed E-state index contributed by atoms with van der Waals surface area (Å²) in [6.45, 7) is 3.14. The fraction of sp³-hybridized carbons (Fsp3) is 0.938. The van der Waals surface area contributed by atoms with Crippen molar-refractivity contribution in [2.24, 2.45) is 17.1 Å². The molecule has 4 heteroatoms. The van der Waals surface area contributed by atoms with Crippen LogP contribution in [0.25, 0.3) is 0 Å². The number of carbonyl (C=O) groups excluding carboxylic acids is 1. The van der Waals surface area contributed by atoms with Gasteiger partial charge in [0.05, 0.1) is 6.54 Å². The van der Waals surface area contributed by atoms with E-state index in [4.69, 9.17) is 10.5 Å². The zero-order valence-electron chi connectivity index (χ0n) is 12.5. The third-order valence-corrected chi connectivity index (χ3v) is 5.68. The molecule has 1 saturated heterocycles. The Kier molecular flexibility index (Phi) is 4.32. The molecule has 0 unspecified atom stereocenters. The minimum absolute atomic E-state index is 0.189. The fourth-order valence-electron chi connectivity index (χ4n) is 4.07. The molecule has 1 spiro atoms. The van der Waals surface area contributed by atoms with Gasteiger partial charge in [0.25, 0.3) is 0 Å². The van der Waals surface area contributed by atoms with Gasteiger partial charge in [0.1, 0.15) is 0 Å². The maximum absolute atomic E-state index is 11.4. The van der Waals surface area contributed by atoms with E-state index in [-0.39, 0.29) is 5.91 Å². The van der Waals surface area contributed by atoms with Crippen molar-refractivity contribution >= 4 is 5.91 Å². The average Bonchev–Trinajstić information content (AvgIpc) is 3.21. The van der Waals surface area contributed by atoms with Crippen molar-refractivity contribution in [2.75, 3.05) is 26.3 Å². The van der Waals surface area contributed by atoms with Crippen LogP contribution >= 0.6 is 0 Å². The molecule has 3 fully saturated rings. The van der Waals surface area contributed by atoms with E-state index in [0.717, 1.165) is 43.9 Å². The summed E-state index contributed by atoms with van der Waals surface area (Å²) in [5.41, 5.74) is 6.20. The van der Waals surface area contributed by atoms with E-state index in [0.29, 0.717) is 12.6 Å². The number of hydrogen-bond acceptors (Lipinski definition) is 3. The van der Waals surface area contributed by atoms with Crippen LogP contribution in [0.15, 0.2) is 0 Å². The van der Waals surface area contributed by atoms with Gasteiger partial charge in [-0.1, -0.05) is 0 Å². The fourth-order valence-corrected chi connectivity index (χ4v) is 4.07. The third kappa shape index (κ3) is 3.53. The molecule has 1 amide bonds. The lowest BCUT2D eigenvalue weighted by Gasteiger charge is -2.38. The first-order valence-corrected chi connectivity index (χ1v) is 8.27. The molecule has 4 nitrogen and oxygen atoms in total. The highest BCUT2D eigenvalue weighted by molar-refractivity contribution is 5.75. The number of nitrogens with two attached hydrogens (primary N) is 1. The van der Waals surface area contributed by atoms with Gasteiger partial charge in [0, 0.05) is 25.8 Å². The van der Waals surface area contributed by atoms with E-state index in [1.54, 1.807) is 0 Å². The van der Waals surface area contributed by atoms with Gasteiger partial charge in [0.2, 0.25) is 5.91 Å². The minimum Gasteiger partial charge on any atom is -0.381 e. The highest BCUT2D eigenvalue weighted by atomic mass is 16.5. The van der Waals surface area contributed by atoms with Crippen molar-refractivity contribution in [2.45, 2.75) is 57.4 Å². The van der Waals surface area contributed by atoms with E-state index >= 15 is 0 Å². The number of ether oxygens (including phenoxy) is 1. The lowest BCUT2D eigenvalue weighted by atomic mass is 9.79. The van der Waals surface area contributed by atoms with Crippen molar-refractivity contribution in [3.63, 3.8) is 0 Å². The second-order valence-electron chi connectivity index (χ2n) is 7.18. The van der Waals surface area contributed by atoms with Crippen molar-refractivity contribution in [1.29, 1.82) is 0 Å². The number of carbonyl (C=O) groups is 1. The summed E-state index contributed by atoms with van der Waals surface area (Å²) in [5.74, 6) is 0.578. The highest BCUT2D eigenvalue weighted by Gasteiger charge is 2.44. The van der Waals surface area contributed by atoms with Crippen LogP contribution in [0.3, 0.4) is 0 Å². The van der Waals surface area contributed by atoms with Crippen LogP contribution in [-0.4, -0.2) is 43.2 Å². The van der Waals surface area contributed by atoms with E-state index in [1.807, 2.05) is 0 Å². The number of nitrogens with zero attached hydrogens (tertiary/aromatic N) is 1. The monoisotopic (exact) mass is 280 g/mol. The van der Waals surface area contributed by atoms with E-state index in [2.05, 4.69) is 4.90 Å². The van der Waals surface area contributed by atoms with Crippen LogP contribution in [0.1, 0.15) is 51.4 Å². The van der Waals surface area contributed by atoms with Crippen LogP contribution in [-0.2, 0) is 9.53 Å². The molecule has 3 aliphatic rings. The first-order chi connectivity index (χ1) is 9.67. The Labute approximate surface area is 122 Å². The molecule has 114 valence electrons. The van der Waals surface area contributed by atoms with Crippen LogP contribution < -0.4 is 5.73 Å². The van der Waals surface area contributed by atoms with Crippen molar-refractivity contribution in [3.05, 3.63) is 0 Å². The van der Waals surface area contributed by atoms with Gasteiger partial charge < -0.3 is 10.5 Å². The average molecular weight is 280 g/mol. The van der Waals surface area contributed by atoms with Gasteiger partial charge in [0.15, 0.2) is 0 Å². The predicted molar refractivity (Wildman–Crippen MR) is 78.2 cm³/mol. The molecule has 0 atom stereocenters. The zero-order chi connectivity index (χ0) is 14.0. The van der Waals surface area contributed by atoms with Gasteiger partial charge in [-0.15, -0.1) is 0 Å². The third-order valence-electron chi connectivity index (χ3n) is 5.68. The summed E-state index contributed by atoms with van der Waals surface area (Å²) in [7, 11) is 0. The molecular formula is C16H28N2O2. The van der Waals surface area contributed by atoms with E-state index in [1.165, 1.54) is 38.5 Å². The molecule has 2 aliphatic carbocycles. The molecule has 0 aromatic rings.